The first-order valence-corrected chi connectivity index (χ1v) is 8.27. The number of hydrogen-bond acceptors (Lipinski definition) is 4. The number of hydrogen-bond donors (Lipinski definition) is 1. The van der Waals surface area contributed by atoms with E-state index in [2.05, 4.69) is 10.2 Å². The number of nitrogens with zero attached hydrogens (tertiary/aromatic N) is 1. The standard InChI is InChI=1S/C16H21ClN2O2/c17-13-9-15-16(21-7-6-20-15)10-14(13)18-11-3-5-19-4-1-2-12(19)8-11/h9-12,18H,1-8H2. The molecule has 3 aliphatic heterocycles. The van der Waals surface area contributed by atoms with E-state index in [0.29, 0.717) is 24.3 Å². The number of nitrogens with one attached hydrogen (secondary N) is 1. The molecule has 2 saturated heterocycles. The van der Waals surface area contributed by atoms with Crippen molar-refractivity contribution in [1.29, 1.82) is 0 Å². The van der Waals surface area contributed by atoms with E-state index < -0.39 is 0 Å². The smallest absolute Gasteiger partial charge is 0.163 e. The van der Waals surface area contributed by atoms with Crippen LogP contribution in [0.2, 0.25) is 5.02 Å². The maximum Gasteiger partial charge on any atom is 0.163 e. The Bertz CT molecular complexity index is 537. The van der Waals surface area contributed by atoms with E-state index in [1.54, 1.807) is 0 Å². The van der Waals surface area contributed by atoms with Gasteiger partial charge in [-0.1, -0.05) is 11.6 Å². The fourth-order valence-corrected chi connectivity index (χ4v) is 3.96. The molecular weight excluding hydrogens is 288 g/mol. The molecule has 1 aromatic rings. The summed E-state index contributed by atoms with van der Waals surface area (Å²) in [4.78, 5) is 2.63. The largest absolute Gasteiger partial charge is 0.486 e. The van der Waals surface area contributed by atoms with Crippen LogP contribution in [0.4, 0.5) is 5.69 Å². The van der Waals surface area contributed by atoms with E-state index in [1.165, 1.54) is 38.8 Å². The zero-order valence-electron chi connectivity index (χ0n) is 12.1. The Morgan fingerprint density at radius 3 is 2.76 bits per heavy atom. The summed E-state index contributed by atoms with van der Waals surface area (Å²) in [6.45, 7) is 3.68. The summed E-state index contributed by atoms with van der Waals surface area (Å²) in [5, 5.41) is 4.33. The van der Waals surface area contributed by atoms with E-state index >= 15 is 0 Å². The third-order valence-corrected chi connectivity index (χ3v) is 5.12. The average molecular weight is 309 g/mol. The van der Waals surface area contributed by atoms with Gasteiger partial charge in [0.25, 0.3) is 0 Å². The highest BCUT2D eigenvalue weighted by Crippen LogP contribution is 2.39. The maximum absolute atomic E-state index is 6.38. The number of halogens is 1. The maximum atomic E-state index is 6.38. The molecule has 2 atom stereocenters. The van der Waals surface area contributed by atoms with Crippen molar-refractivity contribution in [1.82, 2.24) is 4.90 Å². The van der Waals surface area contributed by atoms with Gasteiger partial charge >= 0.3 is 0 Å². The molecule has 1 aromatic carbocycles. The predicted molar refractivity (Wildman–Crippen MR) is 83.7 cm³/mol. The van der Waals surface area contributed by atoms with Crippen LogP contribution in [0.25, 0.3) is 0 Å². The molecule has 0 amide bonds. The quantitative estimate of drug-likeness (QED) is 0.910. The van der Waals surface area contributed by atoms with Gasteiger partial charge in [0.1, 0.15) is 13.2 Å². The monoisotopic (exact) mass is 308 g/mol. The second kappa shape index (κ2) is 5.58. The molecular formula is C16H21ClN2O2. The Morgan fingerprint density at radius 1 is 1.10 bits per heavy atom. The predicted octanol–water partition coefficient (Wildman–Crippen LogP) is 3.15. The van der Waals surface area contributed by atoms with Gasteiger partial charge in [-0.3, -0.25) is 0 Å². The molecule has 2 fully saturated rings. The molecule has 4 nitrogen and oxygen atoms in total. The molecule has 5 heteroatoms. The lowest BCUT2D eigenvalue weighted by Gasteiger charge is -2.35. The highest BCUT2D eigenvalue weighted by molar-refractivity contribution is 6.33. The van der Waals surface area contributed by atoms with E-state index in [-0.39, 0.29) is 0 Å². The van der Waals surface area contributed by atoms with Gasteiger partial charge in [0.2, 0.25) is 0 Å². The Labute approximate surface area is 130 Å². The highest BCUT2D eigenvalue weighted by Gasteiger charge is 2.31. The molecule has 4 rings (SSSR count). The first-order chi connectivity index (χ1) is 10.3. The van der Waals surface area contributed by atoms with Crippen LogP contribution in [-0.2, 0) is 0 Å². The van der Waals surface area contributed by atoms with Crippen LogP contribution in [0.5, 0.6) is 11.5 Å². The Kier molecular flexibility index (Phi) is 3.59. The van der Waals surface area contributed by atoms with Crippen molar-refractivity contribution in [3.63, 3.8) is 0 Å². The third-order valence-electron chi connectivity index (χ3n) is 4.81. The van der Waals surface area contributed by atoms with Crippen molar-refractivity contribution < 1.29 is 9.47 Å². The fraction of sp³-hybridized carbons (Fsp3) is 0.625. The number of benzene rings is 1. The normalized spacial score (nSPS) is 28.2. The topological polar surface area (TPSA) is 33.7 Å². The molecule has 3 heterocycles. The summed E-state index contributed by atoms with van der Waals surface area (Å²) >= 11 is 6.38. The zero-order valence-corrected chi connectivity index (χ0v) is 12.9. The molecule has 1 N–H and O–H groups in total. The van der Waals surface area contributed by atoms with Gasteiger partial charge in [0, 0.05) is 30.8 Å². The van der Waals surface area contributed by atoms with Gasteiger partial charge in [-0.25, -0.2) is 0 Å². The van der Waals surface area contributed by atoms with Crippen LogP contribution >= 0.6 is 11.6 Å². The molecule has 0 aromatic heterocycles. The number of rotatable bonds is 2. The Balaban J connectivity index is 1.49. The van der Waals surface area contributed by atoms with Crippen LogP contribution in [-0.4, -0.2) is 43.3 Å². The lowest BCUT2D eigenvalue weighted by Crippen LogP contribution is -2.42. The second-order valence-corrected chi connectivity index (χ2v) is 6.58. The molecule has 0 saturated carbocycles. The number of anilines is 1. The van der Waals surface area contributed by atoms with Gasteiger partial charge in [-0.15, -0.1) is 0 Å². The van der Waals surface area contributed by atoms with Crippen molar-refractivity contribution in [2.75, 3.05) is 31.6 Å². The van der Waals surface area contributed by atoms with Crippen molar-refractivity contribution in [2.24, 2.45) is 0 Å². The van der Waals surface area contributed by atoms with Crippen LogP contribution in [0.1, 0.15) is 25.7 Å². The average Bonchev–Trinajstić information content (AvgIpc) is 2.95. The minimum atomic E-state index is 0.504. The summed E-state index contributed by atoms with van der Waals surface area (Å²) in [6, 6.07) is 5.11. The van der Waals surface area contributed by atoms with Gasteiger partial charge < -0.3 is 19.7 Å². The van der Waals surface area contributed by atoms with Crippen molar-refractivity contribution in [2.45, 2.75) is 37.8 Å². The molecule has 114 valence electrons. The summed E-state index contributed by atoms with van der Waals surface area (Å²) in [5.41, 5.74) is 0.970. The van der Waals surface area contributed by atoms with E-state index in [0.717, 1.165) is 23.2 Å². The molecule has 0 radical (unpaired) electrons. The van der Waals surface area contributed by atoms with Gasteiger partial charge in [0.05, 0.1) is 10.7 Å². The Hall–Kier alpha value is -1.13. The van der Waals surface area contributed by atoms with E-state index in [1.807, 2.05) is 12.1 Å². The lowest BCUT2D eigenvalue weighted by atomic mass is 9.97. The fourth-order valence-electron chi connectivity index (χ4n) is 3.75. The van der Waals surface area contributed by atoms with Gasteiger partial charge in [-0.05, 0) is 32.2 Å². The molecule has 2 unspecified atom stereocenters. The summed E-state index contributed by atoms with van der Waals surface area (Å²) in [6.07, 6.45) is 5.08. The van der Waals surface area contributed by atoms with Gasteiger partial charge in [0.15, 0.2) is 11.5 Å². The highest BCUT2D eigenvalue weighted by atomic mass is 35.5. The van der Waals surface area contributed by atoms with E-state index in [9.17, 15) is 0 Å². The molecule has 0 spiro atoms. The Morgan fingerprint density at radius 2 is 1.90 bits per heavy atom. The lowest BCUT2D eigenvalue weighted by molar-refractivity contribution is 0.171. The summed E-state index contributed by atoms with van der Waals surface area (Å²) in [7, 11) is 0. The molecule has 0 aliphatic carbocycles. The van der Waals surface area contributed by atoms with Crippen molar-refractivity contribution in [3.8, 4) is 11.5 Å². The second-order valence-electron chi connectivity index (χ2n) is 6.17. The SMILES string of the molecule is Clc1cc2c(cc1NC1CCN3CCCC3C1)OCCO2. The first kappa shape index (κ1) is 13.5. The summed E-state index contributed by atoms with van der Waals surface area (Å²) in [5.74, 6) is 1.55. The molecule has 21 heavy (non-hydrogen) atoms. The minimum absolute atomic E-state index is 0.504. The van der Waals surface area contributed by atoms with E-state index in [4.69, 9.17) is 21.1 Å². The van der Waals surface area contributed by atoms with Gasteiger partial charge in [-0.2, -0.15) is 0 Å². The minimum Gasteiger partial charge on any atom is -0.486 e. The van der Waals surface area contributed by atoms with Crippen molar-refractivity contribution >= 4 is 17.3 Å². The van der Waals surface area contributed by atoms with Crippen LogP contribution in [0.3, 0.4) is 0 Å². The van der Waals surface area contributed by atoms with Crippen LogP contribution < -0.4 is 14.8 Å². The molecule has 3 aliphatic rings. The number of ether oxygens (including phenoxy) is 2. The van der Waals surface area contributed by atoms with Crippen molar-refractivity contribution in [3.05, 3.63) is 17.2 Å². The van der Waals surface area contributed by atoms with Crippen LogP contribution in [0, 0.1) is 0 Å². The third kappa shape index (κ3) is 2.67. The molecule has 0 bridgehead atoms. The number of piperidine rings is 1. The number of fused-ring (bicyclic) bond motifs is 2. The first-order valence-electron chi connectivity index (χ1n) is 7.89. The summed E-state index contributed by atoms with van der Waals surface area (Å²) < 4.78 is 11.2. The zero-order chi connectivity index (χ0) is 14.2. The van der Waals surface area contributed by atoms with Crippen LogP contribution in [0.15, 0.2) is 12.1 Å².